The minimum atomic E-state index is -1.20. The van der Waals surface area contributed by atoms with Gasteiger partial charge in [0.05, 0.1) is 7.11 Å². The van der Waals surface area contributed by atoms with Gasteiger partial charge in [-0.05, 0) is 33.6 Å². The molecular weight excluding hydrogens is 266 g/mol. The molecule has 116 valence electrons. The molecule has 1 amide bonds. The summed E-state index contributed by atoms with van der Waals surface area (Å²) in [5.41, 5.74) is -0.552. The number of amides is 1. The van der Waals surface area contributed by atoms with E-state index in [0.29, 0.717) is 19.4 Å². The number of hydrogen-bond donors (Lipinski definition) is 2. The van der Waals surface area contributed by atoms with E-state index in [1.807, 2.05) is 0 Å². The topological polar surface area (TPSA) is 102 Å². The smallest absolute Gasteiger partial charge is 0.407 e. The number of carboxylic acid groups (broad SMARTS) is 1. The second-order valence-electron chi connectivity index (χ2n) is 5.34. The lowest BCUT2D eigenvalue weighted by Gasteiger charge is -2.19. The van der Waals surface area contributed by atoms with Gasteiger partial charge in [-0.1, -0.05) is 6.42 Å². The molecule has 0 aliphatic heterocycles. The van der Waals surface area contributed by atoms with Crippen LogP contribution in [0.3, 0.4) is 0 Å². The maximum Gasteiger partial charge on any atom is 0.407 e. The van der Waals surface area contributed by atoms with Gasteiger partial charge in [-0.15, -0.1) is 0 Å². The summed E-state index contributed by atoms with van der Waals surface area (Å²) in [6.07, 6.45) is 0.708. The average molecular weight is 289 g/mol. The Balaban J connectivity index is 3.88. The second kappa shape index (κ2) is 8.39. The third-order valence-electron chi connectivity index (χ3n) is 2.37. The first-order chi connectivity index (χ1) is 9.17. The first kappa shape index (κ1) is 18.2. The second-order valence-corrected chi connectivity index (χ2v) is 5.34. The number of ether oxygens (including phenoxy) is 2. The lowest BCUT2D eigenvalue weighted by Crippen LogP contribution is -2.33. The Hall–Kier alpha value is -1.79. The number of aliphatic carboxylic acids is 1. The van der Waals surface area contributed by atoms with Gasteiger partial charge in [-0.3, -0.25) is 9.59 Å². The van der Waals surface area contributed by atoms with Gasteiger partial charge in [0.1, 0.15) is 5.60 Å². The monoisotopic (exact) mass is 289 g/mol. The van der Waals surface area contributed by atoms with Gasteiger partial charge in [-0.2, -0.15) is 0 Å². The van der Waals surface area contributed by atoms with Crippen LogP contribution < -0.4 is 5.32 Å². The molecule has 0 aromatic heterocycles. The highest BCUT2D eigenvalue weighted by molar-refractivity contribution is 5.93. The number of carboxylic acids is 1. The molecule has 0 radical (unpaired) electrons. The fourth-order valence-electron chi connectivity index (χ4n) is 1.46. The van der Waals surface area contributed by atoms with Gasteiger partial charge in [0.25, 0.3) is 0 Å². The zero-order valence-corrected chi connectivity index (χ0v) is 12.4. The average Bonchev–Trinajstić information content (AvgIpc) is 2.30. The normalized spacial score (nSPS) is 12.4. The summed E-state index contributed by atoms with van der Waals surface area (Å²) >= 11 is 0. The number of hydrogen-bond acceptors (Lipinski definition) is 5. The molecule has 1 unspecified atom stereocenters. The van der Waals surface area contributed by atoms with Crippen LogP contribution in [0.5, 0.6) is 0 Å². The number of alkyl carbamates (subject to hydrolysis) is 1. The van der Waals surface area contributed by atoms with Crippen molar-refractivity contribution < 1.29 is 29.0 Å². The predicted octanol–water partition coefficient (Wildman–Crippen LogP) is 1.56. The lowest BCUT2D eigenvalue weighted by atomic mass is 10.0. The maximum atomic E-state index is 11.3. The molecule has 0 rings (SSSR count). The van der Waals surface area contributed by atoms with Crippen LogP contribution in [0.4, 0.5) is 4.79 Å². The summed E-state index contributed by atoms with van der Waals surface area (Å²) in [6, 6.07) is 0. The summed E-state index contributed by atoms with van der Waals surface area (Å²) in [6.45, 7) is 5.66. The quantitative estimate of drug-likeness (QED) is 0.419. The van der Waals surface area contributed by atoms with Crippen molar-refractivity contribution in [1.29, 1.82) is 0 Å². The third-order valence-corrected chi connectivity index (χ3v) is 2.37. The van der Waals surface area contributed by atoms with E-state index in [4.69, 9.17) is 9.84 Å². The molecule has 0 bridgehead atoms. The van der Waals surface area contributed by atoms with Gasteiger partial charge in [0, 0.05) is 6.54 Å². The Morgan fingerprint density at radius 3 is 2.25 bits per heavy atom. The molecular formula is C13H23NO6. The minimum Gasteiger partial charge on any atom is -0.481 e. The molecule has 0 fully saturated rings. The van der Waals surface area contributed by atoms with Crippen LogP contribution >= 0.6 is 0 Å². The van der Waals surface area contributed by atoms with Gasteiger partial charge in [0.15, 0.2) is 5.92 Å². The van der Waals surface area contributed by atoms with E-state index < -0.39 is 29.6 Å². The van der Waals surface area contributed by atoms with Crippen LogP contribution in [-0.2, 0) is 19.1 Å². The Morgan fingerprint density at radius 2 is 1.80 bits per heavy atom. The highest BCUT2D eigenvalue weighted by Crippen LogP contribution is 2.11. The standard InChI is InChI=1S/C13H23NO6/c1-13(2,3)20-12(18)14-8-6-5-7-9(10(15)16)11(17)19-4/h9H,5-8H2,1-4H3,(H,14,18)(H,15,16). The number of methoxy groups -OCH3 is 1. The number of nitrogens with one attached hydrogen (secondary N) is 1. The van der Waals surface area contributed by atoms with Crippen LogP contribution in [0.2, 0.25) is 0 Å². The minimum absolute atomic E-state index is 0.179. The van der Waals surface area contributed by atoms with Crippen LogP contribution in [0.1, 0.15) is 40.0 Å². The molecule has 0 saturated heterocycles. The van der Waals surface area contributed by atoms with E-state index in [2.05, 4.69) is 10.1 Å². The molecule has 7 heteroatoms. The van der Waals surface area contributed by atoms with Gasteiger partial charge < -0.3 is 19.9 Å². The lowest BCUT2D eigenvalue weighted by molar-refractivity contribution is -0.157. The van der Waals surface area contributed by atoms with Crippen molar-refractivity contribution in [2.45, 2.75) is 45.6 Å². The van der Waals surface area contributed by atoms with Crippen molar-refractivity contribution in [2.24, 2.45) is 5.92 Å². The van der Waals surface area contributed by atoms with E-state index in [0.717, 1.165) is 7.11 Å². The molecule has 0 aromatic rings. The van der Waals surface area contributed by atoms with Gasteiger partial charge in [0.2, 0.25) is 0 Å². The number of unbranched alkanes of at least 4 members (excludes halogenated alkanes) is 1. The van der Waals surface area contributed by atoms with Crippen molar-refractivity contribution in [3.8, 4) is 0 Å². The first-order valence-corrected chi connectivity index (χ1v) is 6.45. The molecule has 20 heavy (non-hydrogen) atoms. The van der Waals surface area contributed by atoms with Crippen molar-refractivity contribution in [2.75, 3.05) is 13.7 Å². The molecule has 0 aliphatic carbocycles. The van der Waals surface area contributed by atoms with Crippen molar-refractivity contribution >= 4 is 18.0 Å². The van der Waals surface area contributed by atoms with Crippen molar-refractivity contribution in [1.82, 2.24) is 5.32 Å². The van der Waals surface area contributed by atoms with Crippen LogP contribution in [0.15, 0.2) is 0 Å². The van der Waals surface area contributed by atoms with Crippen LogP contribution in [0.25, 0.3) is 0 Å². The molecule has 0 aromatic carbocycles. The molecule has 7 nitrogen and oxygen atoms in total. The number of esters is 1. The third kappa shape index (κ3) is 8.34. The Kier molecular flexibility index (Phi) is 7.64. The van der Waals surface area contributed by atoms with Gasteiger partial charge in [-0.25, -0.2) is 4.79 Å². The SMILES string of the molecule is COC(=O)C(CCCCNC(=O)OC(C)(C)C)C(=O)O. The Morgan fingerprint density at radius 1 is 1.20 bits per heavy atom. The molecule has 0 aliphatic rings. The fraction of sp³-hybridized carbons (Fsp3) is 0.769. The summed E-state index contributed by atoms with van der Waals surface area (Å²) in [7, 11) is 1.16. The van der Waals surface area contributed by atoms with Crippen molar-refractivity contribution in [3.05, 3.63) is 0 Å². The van der Waals surface area contributed by atoms with E-state index in [1.54, 1.807) is 20.8 Å². The summed E-state index contributed by atoms with van der Waals surface area (Å²) in [5, 5.41) is 11.4. The van der Waals surface area contributed by atoms with E-state index in [9.17, 15) is 14.4 Å². The highest BCUT2D eigenvalue weighted by atomic mass is 16.6. The van der Waals surface area contributed by atoms with E-state index >= 15 is 0 Å². The zero-order valence-electron chi connectivity index (χ0n) is 12.4. The first-order valence-electron chi connectivity index (χ1n) is 6.45. The molecule has 0 heterocycles. The zero-order chi connectivity index (χ0) is 15.8. The van der Waals surface area contributed by atoms with Gasteiger partial charge >= 0.3 is 18.0 Å². The van der Waals surface area contributed by atoms with E-state index in [-0.39, 0.29) is 6.42 Å². The fourth-order valence-corrected chi connectivity index (χ4v) is 1.46. The number of carbonyl (C=O) groups excluding carboxylic acids is 2. The summed E-state index contributed by atoms with van der Waals surface area (Å²) in [4.78, 5) is 33.3. The predicted molar refractivity (Wildman–Crippen MR) is 71.2 cm³/mol. The number of rotatable bonds is 7. The Labute approximate surface area is 118 Å². The summed E-state index contributed by atoms with van der Waals surface area (Å²) in [5.74, 6) is -3.10. The largest absolute Gasteiger partial charge is 0.481 e. The number of carbonyl (C=O) groups is 3. The van der Waals surface area contributed by atoms with Crippen molar-refractivity contribution in [3.63, 3.8) is 0 Å². The van der Waals surface area contributed by atoms with Crippen LogP contribution in [0, 0.1) is 5.92 Å². The molecule has 2 N–H and O–H groups in total. The molecule has 0 saturated carbocycles. The maximum absolute atomic E-state index is 11.3. The van der Waals surface area contributed by atoms with E-state index in [1.165, 1.54) is 0 Å². The Bertz CT molecular complexity index is 347. The highest BCUT2D eigenvalue weighted by Gasteiger charge is 2.26. The molecule has 0 spiro atoms. The van der Waals surface area contributed by atoms with Crippen LogP contribution in [-0.4, -0.2) is 42.4 Å². The molecule has 1 atom stereocenters. The summed E-state index contributed by atoms with van der Waals surface area (Å²) < 4.78 is 9.46.